The number of carbonyl (C=O) groups excluding carboxylic acids is 2. The molecule has 0 aliphatic heterocycles. The van der Waals surface area contributed by atoms with Crippen LogP contribution in [0.2, 0.25) is 0 Å². The lowest BCUT2D eigenvalue weighted by atomic mass is 9.97. The average Bonchev–Trinajstić information content (AvgIpc) is 3.28. The predicted molar refractivity (Wildman–Crippen MR) is 123 cm³/mol. The SMILES string of the molecule is COC(=O)c1c(-c2cc(C)ccc2C)csc1NC(=O)c1c(C)nc2cc(C)ccn12. The van der Waals surface area contributed by atoms with Gasteiger partial charge < -0.3 is 10.1 Å². The Kier molecular flexibility index (Phi) is 5.37. The number of aromatic nitrogens is 2. The molecule has 0 saturated carbocycles. The van der Waals surface area contributed by atoms with Crippen LogP contribution in [0.15, 0.2) is 41.9 Å². The van der Waals surface area contributed by atoms with Gasteiger partial charge in [-0.05, 0) is 56.5 Å². The minimum absolute atomic E-state index is 0.326. The summed E-state index contributed by atoms with van der Waals surface area (Å²) < 4.78 is 6.80. The maximum atomic E-state index is 13.2. The molecule has 0 spiro atoms. The van der Waals surface area contributed by atoms with Crippen LogP contribution in [0, 0.1) is 27.7 Å². The number of thiophene rings is 1. The summed E-state index contributed by atoms with van der Waals surface area (Å²) in [7, 11) is 1.34. The topological polar surface area (TPSA) is 72.7 Å². The van der Waals surface area contributed by atoms with Crippen molar-refractivity contribution in [2.75, 3.05) is 12.4 Å². The van der Waals surface area contributed by atoms with Crippen LogP contribution in [0.4, 0.5) is 5.00 Å². The Morgan fingerprint density at radius 1 is 1.03 bits per heavy atom. The van der Waals surface area contributed by atoms with E-state index in [-0.39, 0.29) is 5.91 Å². The number of methoxy groups -OCH3 is 1. The molecular formula is C24H23N3O3S. The molecule has 31 heavy (non-hydrogen) atoms. The van der Waals surface area contributed by atoms with Crippen LogP contribution in [0.25, 0.3) is 16.8 Å². The zero-order valence-corrected chi connectivity index (χ0v) is 18.9. The first-order chi connectivity index (χ1) is 14.8. The van der Waals surface area contributed by atoms with Crippen molar-refractivity contribution in [1.82, 2.24) is 9.38 Å². The van der Waals surface area contributed by atoms with E-state index < -0.39 is 5.97 Å². The summed E-state index contributed by atoms with van der Waals surface area (Å²) in [4.78, 5) is 30.4. The van der Waals surface area contributed by atoms with Gasteiger partial charge in [0.1, 0.15) is 21.9 Å². The third kappa shape index (κ3) is 3.72. The van der Waals surface area contributed by atoms with E-state index in [2.05, 4.69) is 10.3 Å². The Hall–Kier alpha value is -3.45. The van der Waals surface area contributed by atoms with E-state index in [1.54, 1.807) is 11.3 Å². The minimum Gasteiger partial charge on any atom is -0.465 e. The Labute approximate surface area is 184 Å². The van der Waals surface area contributed by atoms with Crippen LogP contribution in [-0.4, -0.2) is 28.4 Å². The van der Waals surface area contributed by atoms with Crippen molar-refractivity contribution < 1.29 is 14.3 Å². The van der Waals surface area contributed by atoms with Crippen molar-refractivity contribution in [3.63, 3.8) is 0 Å². The van der Waals surface area contributed by atoms with Crippen molar-refractivity contribution in [2.45, 2.75) is 27.7 Å². The first-order valence-corrected chi connectivity index (χ1v) is 10.7. The largest absolute Gasteiger partial charge is 0.465 e. The molecule has 7 heteroatoms. The summed E-state index contributed by atoms with van der Waals surface area (Å²) in [6.07, 6.45) is 1.83. The molecule has 1 N–H and O–H groups in total. The number of amides is 1. The number of ether oxygens (including phenoxy) is 1. The van der Waals surface area contributed by atoms with Crippen molar-refractivity contribution in [3.8, 4) is 11.1 Å². The lowest BCUT2D eigenvalue weighted by molar-refractivity contribution is 0.0603. The first kappa shape index (κ1) is 20.8. The number of rotatable bonds is 4. The van der Waals surface area contributed by atoms with E-state index in [1.165, 1.54) is 18.4 Å². The van der Waals surface area contributed by atoms with Crippen LogP contribution >= 0.6 is 11.3 Å². The smallest absolute Gasteiger partial charge is 0.341 e. The van der Waals surface area contributed by atoms with E-state index in [4.69, 9.17) is 4.74 Å². The fourth-order valence-electron chi connectivity index (χ4n) is 3.68. The molecule has 1 amide bonds. The van der Waals surface area contributed by atoms with E-state index in [1.807, 2.05) is 62.7 Å². The first-order valence-electron chi connectivity index (χ1n) is 9.84. The highest BCUT2D eigenvalue weighted by Gasteiger charge is 2.25. The number of nitrogens with zero attached hydrogens (tertiary/aromatic N) is 2. The van der Waals surface area contributed by atoms with Crippen molar-refractivity contribution in [3.05, 3.63) is 75.6 Å². The molecule has 4 aromatic rings. The minimum atomic E-state index is -0.488. The van der Waals surface area contributed by atoms with Gasteiger partial charge >= 0.3 is 5.97 Å². The van der Waals surface area contributed by atoms with Crippen LogP contribution < -0.4 is 5.32 Å². The van der Waals surface area contributed by atoms with Gasteiger partial charge in [-0.1, -0.05) is 23.8 Å². The second-order valence-corrected chi connectivity index (χ2v) is 8.48. The van der Waals surface area contributed by atoms with Gasteiger partial charge in [0, 0.05) is 17.1 Å². The van der Waals surface area contributed by atoms with Crippen molar-refractivity contribution >= 4 is 33.9 Å². The van der Waals surface area contributed by atoms with Gasteiger partial charge in [-0.3, -0.25) is 9.20 Å². The van der Waals surface area contributed by atoms with Gasteiger partial charge in [0.2, 0.25) is 0 Å². The number of imidazole rings is 1. The van der Waals surface area contributed by atoms with Crippen LogP contribution in [0.5, 0.6) is 0 Å². The van der Waals surface area contributed by atoms with Gasteiger partial charge in [-0.2, -0.15) is 0 Å². The molecule has 0 bridgehead atoms. The van der Waals surface area contributed by atoms with Gasteiger partial charge in [0.15, 0.2) is 0 Å². The summed E-state index contributed by atoms with van der Waals surface area (Å²) in [6, 6.07) is 9.93. The highest BCUT2D eigenvalue weighted by molar-refractivity contribution is 7.15. The Morgan fingerprint density at radius 2 is 1.77 bits per heavy atom. The van der Waals surface area contributed by atoms with Gasteiger partial charge in [-0.25, -0.2) is 9.78 Å². The number of aryl methyl sites for hydroxylation is 4. The molecule has 158 valence electrons. The maximum absolute atomic E-state index is 13.2. The number of benzene rings is 1. The lowest BCUT2D eigenvalue weighted by Gasteiger charge is -2.10. The highest BCUT2D eigenvalue weighted by Crippen LogP contribution is 2.38. The number of carbonyl (C=O) groups is 2. The Morgan fingerprint density at radius 3 is 2.52 bits per heavy atom. The maximum Gasteiger partial charge on any atom is 0.341 e. The molecule has 3 heterocycles. The third-order valence-electron chi connectivity index (χ3n) is 5.26. The van der Waals surface area contributed by atoms with Crippen LogP contribution in [-0.2, 0) is 4.74 Å². The second-order valence-electron chi connectivity index (χ2n) is 7.60. The fraction of sp³-hybridized carbons (Fsp3) is 0.208. The van der Waals surface area contributed by atoms with Gasteiger partial charge in [0.25, 0.3) is 5.91 Å². The second kappa shape index (κ2) is 8.00. The molecule has 0 unspecified atom stereocenters. The van der Waals surface area contributed by atoms with Crippen LogP contribution in [0.1, 0.15) is 43.2 Å². The molecule has 0 saturated heterocycles. The van der Waals surface area contributed by atoms with E-state index >= 15 is 0 Å². The quantitative estimate of drug-likeness (QED) is 0.441. The van der Waals surface area contributed by atoms with Gasteiger partial charge in [-0.15, -0.1) is 11.3 Å². The normalized spacial score (nSPS) is 11.0. The summed E-state index contributed by atoms with van der Waals surface area (Å²) in [6.45, 7) is 7.78. The fourth-order valence-corrected chi connectivity index (χ4v) is 4.62. The monoisotopic (exact) mass is 433 g/mol. The standard InChI is InChI=1S/C24H23N3O3S/c1-13-6-7-15(3)17(10-13)18-12-31-23(20(18)24(29)30-5)26-22(28)21-16(4)25-19-11-14(2)8-9-27(19)21/h6-12H,1-5H3,(H,26,28). The molecule has 0 aliphatic rings. The van der Waals surface area contributed by atoms with Crippen molar-refractivity contribution in [2.24, 2.45) is 0 Å². The van der Waals surface area contributed by atoms with E-state index in [0.717, 1.165) is 27.8 Å². The lowest BCUT2D eigenvalue weighted by Crippen LogP contribution is -2.17. The summed E-state index contributed by atoms with van der Waals surface area (Å²) in [5.74, 6) is -0.814. The Balaban J connectivity index is 1.78. The predicted octanol–water partition coefficient (Wildman–Crippen LogP) is 5.34. The molecule has 0 atom stereocenters. The molecule has 0 aliphatic carbocycles. The zero-order valence-electron chi connectivity index (χ0n) is 18.1. The number of anilines is 1. The number of pyridine rings is 1. The third-order valence-corrected chi connectivity index (χ3v) is 6.16. The number of nitrogens with one attached hydrogen (secondary N) is 1. The number of esters is 1. The Bertz CT molecular complexity index is 1330. The summed E-state index contributed by atoms with van der Waals surface area (Å²) in [5.41, 5.74) is 7.01. The van der Waals surface area contributed by atoms with E-state index in [9.17, 15) is 9.59 Å². The highest BCUT2D eigenvalue weighted by atomic mass is 32.1. The number of fused-ring (bicyclic) bond motifs is 1. The molecule has 0 fully saturated rings. The summed E-state index contributed by atoms with van der Waals surface area (Å²) in [5, 5.41) is 5.25. The molecule has 3 aromatic heterocycles. The summed E-state index contributed by atoms with van der Waals surface area (Å²) >= 11 is 1.31. The molecule has 4 rings (SSSR count). The molecule has 1 aromatic carbocycles. The zero-order chi connectivity index (χ0) is 22.3. The molecule has 6 nitrogen and oxygen atoms in total. The number of hydrogen-bond acceptors (Lipinski definition) is 5. The molecular weight excluding hydrogens is 410 g/mol. The molecule has 0 radical (unpaired) electrons. The van der Waals surface area contributed by atoms with Crippen LogP contribution in [0.3, 0.4) is 0 Å². The average molecular weight is 434 g/mol. The van der Waals surface area contributed by atoms with E-state index in [0.29, 0.717) is 27.6 Å². The van der Waals surface area contributed by atoms with Crippen molar-refractivity contribution in [1.29, 1.82) is 0 Å². The van der Waals surface area contributed by atoms with Gasteiger partial charge in [0.05, 0.1) is 12.8 Å². The number of hydrogen-bond donors (Lipinski definition) is 1.